The molecular formula is C12H24O4Si. The summed E-state index contributed by atoms with van der Waals surface area (Å²) >= 11 is 0. The van der Waals surface area contributed by atoms with Crippen LogP contribution in [0.4, 0.5) is 0 Å². The summed E-state index contributed by atoms with van der Waals surface area (Å²) in [6.45, 7) is 13.0. The highest BCUT2D eigenvalue weighted by Gasteiger charge is 2.42. The SMILES string of the molecule is CC1OC[C@@H](O[Si](C)(C)C(C)(C)C)[C@H](C=O)O1. The molecule has 0 radical (unpaired) electrons. The normalized spacial score (nSPS) is 31.3. The lowest BCUT2D eigenvalue weighted by atomic mass is 10.2. The van der Waals surface area contributed by atoms with Crippen LogP contribution in [0.3, 0.4) is 0 Å². The third-order valence-electron chi connectivity index (χ3n) is 3.60. The van der Waals surface area contributed by atoms with Gasteiger partial charge in [0.1, 0.15) is 12.2 Å². The summed E-state index contributed by atoms with van der Waals surface area (Å²) in [6, 6.07) is 0. The maximum absolute atomic E-state index is 11.0. The van der Waals surface area contributed by atoms with E-state index < -0.39 is 14.4 Å². The first-order valence-electron chi connectivity index (χ1n) is 6.07. The van der Waals surface area contributed by atoms with Gasteiger partial charge in [-0.25, -0.2) is 0 Å². The highest BCUT2D eigenvalue weighted by molar-refractivity contribution is 6.74. The molecule has 1 saturated heterocycles. The lowest BCUT2D eigenvalue weighted by molar-refractivity contribution is -0.231. The number of rotatable bonds is 3. The maximum Gasteiger partial charge on any atom is 0.192 e. The molecule has 0 aromatic rings. The van der Waals surface area contributed by atoms with Gasteiger partial charge in [-0.15, -0.1) is 0 Å². The summed E-state index contributed by atoms with van der Waals surface area (Å²) in [5.41, 5.74) is 0. The smallest absolute Gasteiger partial charge is 0.192 e. The monoisotopic (exact) mass is 260 g/mol. The molecule has 4 nitrogen and oxygen atoms in total. The standard InChI is InChI=1S/C12H24O4Si/c1-9-14-8-11(10(7-13)15-9)16-17(5,6)12(2,3)4/h7,9-11H,8H2,1-6H3/t9?,10-,11+/m0/s1. The number of ether oxygens (including phenoxy) is 2. The molecule has 17 heavy (non-hydrogen) atoms. The Kier molecular flexibility index (Phi) is 4.52. The Morgan fingerprint density at radius 1 is 1.35 bits per heavy atom. The fourth-order valence-corrected chi connectivity index (χ4v) is 2.76. The van der Waals surface area contributed by atoms with Crippen molar-refractivity contribution in [1.82, 2.24) is 0 Å². The van der Waals surface area contributed by atoms with Gasteiger partial charge < -0.3 is 18.7 Å². The number of aldehydes is 1. The molecule has 0 aromatic heterocycles. The Hall–Kier alpha value is -0.233. The molecule has 1 heterocycles. The minimum Gasteiger partial charge on any atom is -0.408 e. The van der Waals surface area contributed by atoms with E-state index in [0.29, 0.717) is 6.61 Å². The van der Waals surface area contributed by atoms with Crippen molar-refractivity contribution in [2.75, 3.05) is 6.61 Å². The van der Waals surface area contributed by atoms with Crippen molar-refractivity contribution in [2.45, 2.75) is 64.3 Å². The second kappa shape index (κ2) is 5.18. The zero-order chi connectivity index (χ0) is 13.3. The number of carbonyl (C=O) groups excluding carboxylic acids is 1. The topological polar surface area (TPSA) is 44.8 Å². The molecule has 100 valence electrons. The van der Waals surface area contributed by atoms with Crippen molar-refractivity contribution < 1.29 is 18.7 Å². The first kappa shape index (κ1) is 14.8. The lowest BCUT2D eigenvalue weighted by Crippen LogP contribution is -2.52. The second-order valence-corrected chi connectivity index (χ2v) is 10.8. The van der Waals surface area contributed by atoms with Gasteiger partial charge in [-0.3, -0.25) is 0 Å². The summed E-state index contributed by atoms with van der Waals surface area (Å²) < 4.78 is 17.0. The Labute approximate surface area is 105 Å². The Bertz CT molecular complexity index is 272. The van der Waals surface area contributed by atoms with Crippen LogP contribution in [0.15, 0.2) is 0 Å². The van der Waals surface area contributed by atoms with E-state index >= 15 is 0 Å². The van der Waals surface area contributed by atoms with E-state index in [9.17, 15) is 4.79 Å². The molecule has 0 spiro atoms. The third kappa shape index (κ3) is 3.61. The molecule has 3 atom stereocenters. The molecule has 0 aliphatic carbocycles. The maximum atomic E-state index is 11.0. The number of hydrogen-bond acceptors (Lipinski definition) is 4. The van der Waals surface area contributed by atoms with Crippen LogP contribution in [0.1, 0.15) is 27.7 Å². The quantitative estimate of drug-likeness (QED) is 0.577. The summed E-state index contributed by atoms with van der Waals surface area (Å²) in [4.78, 5) is 11.0. The fourth-order valence-electron chi connectivity index (χ4n) is 1.45. The molecule has 1 aliphatic heterocycles. The molecular weight excluding hydrogens is 236 g/mol. The molecule has 5 heteroatoms. The average molecular weight is 260 g/mol. The molecule has 1 rings (SSSR count). The van der Waals surface area contributed by atoms with Crippen LogP contribution in [0, 0.1) is 0 Å². The molecule has 0 amide bonds. The highest BCUT2D eigenvalue weighted by Crippen LogP contribution is 2.38. The predicted octanol–water partition coefficient (Wildman–Crippen LogP) is 2.34. The van der Waals surface area contributed by atoms with Crippen LogP contribution < -0.4 is 0 Å². The Morgan fingerprint density at radius 2 is 1.94 bits per heavy atom. The van der Waals surface area contributed by atoms with E-state index in [2.05, 4.69) is 33.9 Å². The Balaban J connectivity index is 2.70. The van der Waals surface area contributed by atoms with Gasteiger partial charge in [0.25, 0.3) is 0 Å². The van der Waals surface area contributed by atoms with Crippen molar-refractivity contribution in [3.8, 4) is 0 Å². The average Bonchev–Trinajstić information content (AvgIpc) is 2.18. The van der Waals surface area contributed by atoms with E-state index in [0.717, 1.165) is 6.29 Å². The van der Waals surface area contributed by atoms with Crippen molar-refractivity contribution in [2.24, 2.45) is 0 Å². The minimum absolute atomic E-state index is 0.115. The van der Waals surface area contributed by atoms with Crippen LogP contribution in [0.25, 0.3) is 0 Å². The van der Waals surface area contributed by atoms with Gasteiger partial charge in [-0.2, -0.15) is 0 Å². The summed E-state index contributed by atoms with van der Waals surface area (Å²) in [7, 11) is -1.89. The van der Waals surface area contributed by atoms with E-state index in [4.69, 9.17) is 13.9 Å². The third-order valence-corrected chi connectivity index (χ3v) is 8.10. The number of carbonyl (C=O) groups is 1. The van der Waals surface area contributed by atoms with Crippen LogP contribution >= 0.6 is 0 Å². The Morgan fingerprint density at radius 3 is 2.41 bits per heavy atom. The molecule has 0 N–H and O–H groups in total. The molecule has 1 fully saturated rings. The van der Waals surface area contributed by atoms with Crippen LogP contribution in [0.5, 0.6) is 0 Å². The van der Waals surface area contributed by atoms with Gasteiger partial charge in [0, 0.05) is 0 Å². The van der Waals surface area contributed by atoms with E-state index in [1.54, 1.807) is 6.92 Å². The van der Waals surface area contributed by atoms with Crippen molar-refractivity contribution in [1.29, 1.82) is 0 Å². The summed E-state index contributed by atoms with van der Waals surface area (Å²) in [5.74, 6) is 0. The predicted molar refractivity (Wildman–Crippen MR) is 68.4 cm³/mol. The lowest BCUT2D eigenvalue weighted by Gasteiger charge is -2.42. The van der Waals surface area contributed by atoms with Gasteiger partial charge in [0.05, 0.1) is 6.61 Å². The van der Waals surface area contributed by atoms with Gasteiger partial charge in [0.2, 0.25) is 0 Å². The van der Waals surface area contributed by atoms with Crippen molar-refractivity contribution in [3.05, 3.63) is 0 Å². The molecule has 0 aromatic carbocycles. The largest absolute Gasteiger partial charge is 0.408 e. The zero-order valence-electron chi connectivity index (χ0n) is 11.6. The van der Waals surface area contributed by atoms with Gasteiger partial charge in [-0.05, 0) is 25.1 Å². The first-order chi connectivity index (χ1) is 7.67. The molecule has 0 saturated carbocycles. The van der Waals surface area contributed by atoms with Crippen LogP contribution in [-0.2, 0) is 18.7 Å². The van der Waals surface area contributed by atoms with Crippen molar-refractivity contribution >= 4 is 14.6 Å². The van der Waals surface area contributed by atoms with E-state index in [1.165, 1.54) is 0 Å². The van der Waals surface area contributed by atoms with Crippen LogP contribution in [-0.4, -0.2) is 39.7 Å². The first-order valence-corrected chi connectivity index (χ1v) is 8.98. The van der Waals surface area contributed by atoms with Crippen LogP contribution in [0.2, 0.25) is 18.1 Å². The van der Waals surface area contributed by atoms with Gasteiger partial charge >= 0.3 is 0 Å². The van der Waals surface area contributed by atoms with E-state index in [-0.39, 0.29) is 17.4 Å². The molecule has 1 unspecified atom stereocenters. The minimum atomic E-state index is -1.89. The molecule has 0 bridgehead atoms. The zero-order valence-corrected chi connectivity index (χ0v) is 12.6. The summed E-state index contributed by atoms with van der Waals surface area (Å²) in [6.07, 6.45) is -0.293. The fraction of sp³-hybridized carbons (Fsp3) is 0.917. The summed E-state index contributed by atoms with van der Waals surface area (Å²) in [5, 5.41) is 0.115. The van der Waals surface area contributed by atoms with Gasteiger partial charge in [-0.1, -0.05) is 20.8 Å². The van der Waals surface area contributed by atoms with Crippen molar-refractivity contribution in [3.63, 3.8) is 0 Å². The molecule has 1 aliphatic rings. The van der Waals surface area contributed by atoms with E-state index in [1.807, 2.05) is 0 Å². The van der Waals surface area contributed by atoms with Gasteiger partial charge in [0.15, 0.2) is 20.9 Å². The highest BCUT2D eigenvalue weighted by atomic mass is 28.4. The second-order valence-electron chi connectivity index (χ2n) is 6.05. The number of hydrogen-bond donors (Lipinski definition) is 0.